The van der Waals surface area contributed by atoms with Gasteiger partial charge in [0, 0.05) is 19.6 Å². The van der Waals surface area contributed by atoms with Gasteiger partial charge in [-0.05, 0) is 24.6 Å². The molecule has 0 bridgehead atoms. The molecule has 0 saturated heterocycles. The standard InChI is InChI=1S/C14H22N2O3/c1-4-16(8-7-15)14(17)10-11-5-6-12(18-2)13(9-11)19-3/h5-6,9H,4,7-8,10,15H2,1-3H3. The van der Waals surface area contributed by atoms with Gasteiger partial charge in [-0.2, -0.15) is 0 Å². The number of benzene rings is 1. The number of carbonyl (C=O) groups excluding carboxylic acids is 1. The number of hydrogen-bond donors (Lipinski definition) is 1. The number of rotatable bonds is 7. The third-order valence-electron chi connectivity index (χ3n) is 2.94. The molecule has 2 N–H and O–H groups in total. The number of carbonyl (C=O) groups is 1. The lowest BCUT2D eigenvalue weighted by Gasteiger charge is -2.20. The molecule has 1 rings (SSSR count). The fraction of sp³-hybridized carbons (Fsp3) is 0.500. The minimum absolute atomic E-state index is 0.0696. The molecular formula is C14H22N2O3. The Morgan fingerprint density at radius 2 is 1.95 bits per heavy atom. The van der Waals surface area contributed by atoms with E-state index >= 15 is 0 Å². The predicted molar refractivity (Wildman–Crippen MR) is 74.6 cm³/mol. The second-order valence-corrected chi connectivity index (χ2v) is 4.13. The topological polar surface area (TPSA) is 64.8 Å². The number of hydrogen-bond acceptors (Lipinski definition) is 4. The van der Waals surface area contributed by atoms with Crippen LogP contribution in [0.1, 0.15) is 12.5 Å². The summed E-state index contributed by atoms with van der Waals surface area (Å²) < 4.78 is 10.4. The molecule has 0 atom stereocenters. The van der Waals surface area contributed by atoms with Gasteiger partial charge in [-0.15, -0.1) is 0 Å². The molecule has 0 fully saturated rings. The maximum atomic E-state index is 12.1. The van der Waals surface area contributed by atoms with Gasteiger partial charge in [-0.1, -0.05) is 6.07 Å². The molecule has 0 unspecified atom stereocenters. The van der Waals surface area contributed by atoms with Gasteiger partial charge in [0.15, 0.2) is 11.5 Å². The van der Waals surface area contributed by atoms with Crippen molar-refractivity contribution in [1.29, 1.82) is 0 Å². The van der Waals surface area contributed by atoms with Crippen LogP contribution in [0.15, 0.2) is 18.2 Å². The Morgan fingerprint density at radius 3 is 2.47 bits per heavy atom. The van der Waals surface area contributed by atoms with Crippen molar-refractivity contribution in [3.05, 3.63) is 23.8 Å². The Morgan fingerprint density at radius 1 is 1.26 bits per heavy atom. The molecule has 0 heterocycles. The van der Waals surface area contributed by atoms with Crippen molar-refractivity contribution in [3.63, 3.8) is 0 Å². The van der Waals surface area contributed by atoms with E-state index in [4.69, 9.17) is 15.2 Å². The molecule has 0 aromatic heterocycles. The molecule has 1 amide bonds. The molecule has 1 aromatic rings. The summed E-state index contributed by atoms with van der Waals surface area (Å²) in [5.74, 6) is 1.36. The van der Waals surface area contributed by atoms with E-state index < -0.39 is 0 Å². The van der Waals surface area contributed by atoms with Gasteiger partial charge < -0.3 is 20.1 Å². The highest BCUT2D eigenvalue weighted by Crippen LogP contribution is 2.27. The van der Waals surface area contributed by atoms with Crippen LogP contribution in [-0.2, 0) is 11.2 Å². The Balaban J connectivity index is 2.79. The van der Waals surface area contributed by atoms with Gasteiger partial charge in [-0.3, -0.25) is 4.79 Å². The number of likely N-dealkylation sites (N-methyl/N-ethyl adjacent to an activating group) is 1. The van der Waals surface area contributed by atoms with Crippen LogP contribution in [0.2, 0.25) is 0 Å². The summed E-state index contributed by atoms with van der Waals surface area (Å²) in [5.41, 5.74) is 6.39. The van der Waals surface area contributed by atoms with E-state index in [1.54, 1.807) is 25.2 Å². The Labute approximate surface area is 114 Å². The largest absolute Gasteiger partial charge is 0.493 e. The molecular weight excluding hydrogens is 244 g/mol. The average Bonchev–Trinajstić information content (AvgIpc) is 2.44. The third kappa shape index (κ3) is 4.13. The van der Waals surface area contributed by atoms with Gasteiger partial charge in [-0.25, -0.2) is 0 Å². The second kappa shape index (κ2) is 7.63. The maximum absolute atomic E-state index is 12.1. The minimum Gasteiger partial charge on any atom is -0.493 e. The summed E-state index contributed by atoms with van der Waals surface area (Å²) in [4.78, 5) is 13.8. The van der Waals surface area contributed by atoms with Gasteiger partial charge in [0.1, 0.15) is 0 Å². The van der Waals surface area contributed by atoms with Gasteiger partial charge in [0.05, 0.1) is 20.6 Å². The highest BCUT2D eigenvalue weighted by molar-refractivity contribution is 5.79. The molecule has 1 aromatic carbocycles. The van der Waals surface area contributed by atoms with Crippen LogP contribution in [0.4, 0.5) is 0 Å². The van der Waals surface area contributed by atoms with E-state index in [1.165, 1.54) is 0 Å². The fourth-order valence-electron chi connectivity index (χ4n) is 1.89. The van der Waals surface area contributed by atoms with Crippen molar-refractivity contribution in [2.75, 3.05) is 33.9 Å². The number of methoxy groups -OCH3 is 2. The first-order valence-electron chi connectivity index (χ1n) is 6.35. The molecule has 0 aliphatic carbocycles. The van der Waals surface area contributed by atoms with Crippen molar-refractivity contribution in [1.82, 2.24) is 4.90 Å². The first-order chi connectivity index (χ1) is 9.15. The van der Waals surface area contributed by atoms with Crippen LogP contribution in [0, 0.1) is 0 Å². The van der Waals surface area contributed by atoms with Gasteiger partial charge in [0.2, 0.25) is 5.91 Å². The first kappa shape index (κ1) is 15.3. The van der Waals surface area contributed by atoms with Gasteiger partial charge >= 0.3 is 0 Å². The molecule has 0 aliphatic heterocycles. The van der Waals surface area contributed by atoms with Crippen LogP contribution >= 0.6 is 0 Å². The molecule has 0 spiro atoms. The van der Waals surface area contributed by atoms with E-state index in [0.717, 1.165) is 5.56 Å². The van der Waals surface area contributed by atoms with E-state index in [2.05, 4.69) is 0 Å². The molecule has 0 aliphatic rings. The number of nitrogens with two attached hydrogens (primary N) is 1. The molecule has 5 heteroatoms. The zero-order valence-electron chi connectivity index (χ0n) is 11.8. The Hall–Kier alpha value is -1.75. The highest BCUT2D eigenvalue weighted by Gasteiger charge is 2.13. The van der Waals surface area contributed by atoms with Crippen molar-refractivity contribution >= 4 is 5.91 Å². The van der Waals surface area contributed by atoms with Crippen LogP contribution in [0.25, 0.3) is 0 Å². The Bertz CT molecular complexity index is 421. The van der Waals surface area contributed by atoms with Crippen LogP contribution < -0.4 is 15.2 Å². The molecule has 19 heavy (non-hydrogen) atoms. The van der Waals surface area contributed by atoms with Crippen molar-refractivity contribution < 1.29 is 14.3 Å². The van der Waals surface area contributed by atoms with Crippen molar-refractivity contribution in [2.24, 2.45) is 5.73 Å². The summed E-state index contributed by atoms with van der Waals surface area (Å²) in [5, 5.41) is 0. The predicted octanol–water partition coefficient (Wildman–Crippen LogP) is 1.05. The fourth-order valence-corrected chi connectivity index (χ4v) is 1.89. The summed E-state index contributed by atoms with van der Waals surface area (Å²) in [6.45, 7) is 3.68. The first-order valence-corrected chi connectivity index (χ1v) is 6.35. The van der Waals surface area contributed by atoms with E-state index in [0.29, 0.717) is 37.6 Å². The van der Waals surface area contributed by atoms with E-state index in [1.807, 2.05) is 19.1 Å². The SMILES string of the molecule is CCN(CCN)C(=O)Cc1ccc(OC)c(OC)c1. The van der Waals surface area contributed by atoms with E-state index in [9.17, 15) is 4.79 Å². The van der Waals surface area contributed by atoms with Crippen LogP contribution in [0.5, 0.6) is 11.5 Å². The molecule has 106 valence electrons. The lowest BCUT2D eigenvalue weighted by molar-refractivity contribution is -0.130. The number of nitrogens with zero attached hydrogens (tertiary/aromatic N) is 1. The summed E-state index contributed by atoms with van der Waals surface area (Å²) in [6.07, 6.45) is 0.341. The number of amides is 1. The lowest BCUT2D eigenvalue weighted by Crippen LogP contribution is -2.36. The second-order valence-electron chi connectivity index (χ2n) is 4.13. The van der Waals surface area contributed by atoms with Gasteiger partial charge in [0.25, 0.3) is 0 Å². The zero-order valence-corrected chi connectivity index (χ0v) is 11.8. The smallest absolute Gasteiger partial charge is 0.227 e. The van der Waals surface area contributed by atoms with E-state index in [-0.39, 0.29) is 5.91 Å². The quantitative estimate of drug-likeness (QED) is 0.801. The molecule has 0 saturated carbocycles. The average molecular weight is 266 g/mol. The van der Waals surface area contributed by atoms with Crippen LogP contribution in [0.3, 0.4) is 0 Å². The third-order valence-corrected chi connectivity index (χ3v) is 2.94. The molecule has 5 nitrogen and oxygen atoms in total. The Kier molecular flexibility index (Phi) is 6.15. The van der Waals surface area contributed by atoms with Crippen molar-refractivity contribution in [3.8, 4) is 11.5 Å². The molecule has 0 radical (unpaired) electrons. The maximum Gasteiger partial charge on any atom is 0.227 e. The summed E-state index contributed by atoms with van der Waals surface area (Å²) >= 11 is 0. The summed E-state index contributed by atoms with van der Waals surface area (Å²) in [6, 6.07) is 5.50. The number of ether oxygens (including phenoxy) is 2. The van der Waals surface area contributed by atoms with Crippen molar-refractivity contribution in [2.45, 2.75) is 13.3 Å². The normalized spacial score (nSPS) is 10.1. The lowest BCUT2D eigenvalue weighted by atomic mass is 10.1. The zero-order chi connectivity index (χ0) is 14.3. The highest BCUT2D eigenvalue weighted by atomic mass is 16.5. The summed E-state index contributed by atoms with van der Waals surface area (Å²) in [7, 11) is 3.17. The monoisotopic (exact) mass is 266 g/mol. The minimum atomic E-state index is 0.0696. The van der Waals surface area contributed by atoms with Crippen LogP contribution in [-0.4, -0.2) is 44.7 Å².